The molecule has 0 heterocycles. The molecule has 5 heteroatoms. The maximum absolute atomic E-state index is 11.0. The van der Waals surface area contributed by atoms with Crippen molar-refractivity contribution >= 4 is 6.08 Å². The van der Waals surface area contributed by atoms with Gasteiger partial charge in [0.25, 0.3) is 0 Å². The highest BCUT2D eigenvalue weighted by Gasteiger charge is 2.12. The third kappa shape index (κ3) is 6.90. The minimum Gasteiger partial charge on any atom is -0.492 e. The molecule has 0 aliphatic rings. The fourth-order valence-electron chi connectivity index (χ4n) is 1.80. The fraction of sp³-hybridized carbons (Fsp3) is 0.500. The van der Waals surface area contributed by atoms with Crippen molar-refractivity contribution in [2.45, 2.75) is 20.3 Å². The van der Waals surface area contributed by atoms with E-state index < -0.39 is 0 Å². The lowest BCUT2D eigenvalue weighted by Crippen LogP contribution is -2.19. The molecule has 0 atom stereocenters. The van der Waals surface area contributed by atoms with E-state index >= 15 is 0 Å². The number of rotatable bonds is 8. The molecule has 0 N–H and O–H groups in total. The van der Waals surface area contributed by atoms with Crippen LogP contribution in [0.3, 0.4) is 0 Å². The van der Waals surface area contributed by atoms with E-state index in [1.807, 2.05) is 57.1 Å². The van der Waals surface area contributed by atoms with Crippen LogP contribution in [-0.2, 0) is 0 Å². The Labute approximate surface area is 126 Å². The highest BCUT2D eigenvalue weighted by atomic mass is 16.6. The Bertz CT molecular complexity index is 479. The predicted octanol–water partition coefficient (Wildman–Crippen LogP) is 3.29. The molecule has 1 aromatic carbocycles. The minimum absolute atomic E-state index is 0.242. The summed E-state index contributed by atoms with van der Waals surface area (Å²) in [5.41, 5.74) is 1.06. The van der Waals surface area contributed by atoms with E-state index in [0.29, 0.717) is 13.0 Å². The molecule has 5 nitrogen and oxygen atoms in total. The Hall–Kier alpha value is -1.88. The lowest BCUT2D eigenvalue weighted by atomic mass is 10.1. The van der Waals surface area contributed by atoms with E-state index in [1.54, 1.807) is 6.08 Å². The zero-order valence-corrected chi connectivity index (χ0v) is 13.2. The molecule has 21 heavy (non-hydrogen) atoms. The van der Waals surface area contributed by atoms with Gasteiger partial charge in [-0.1, -0.05) is 26.0 Å². The van der Waals surface area contributed by atoms with Gasteiger partial charge in [0.2, 0.25) is 5.70 Å². The number of hydrogen-bond donors (Lipinski definition) is 0. The summed E-state index contributed by atoms with van der Waals surface area (Å²) in [6.07, 6.45) is 2.09. The van der Waals surface area contributed by atoms with Gasteiger partial charge in [-0.25, -0.2) is 0 Å². The number of allylic oxidation sites excluding steroid dienone is 1. The van der Waals surface area contributed by atoms with Crippen LogP contribution in [0.5, 0.6) is 5.75 Å². The van der Waals surface area contributed by atoms with Crippen molar-refractivity contribution in [3.63, 3.8) is 0 Å². The summed E-state index contributed by atoms with van der Waals surface area (Å²) in [6.45, 7) is 5.41. The SMILES string of the molecule is CC(C)CC(=Cc1ccc(OCCN(C)C)cc1)[N+](=O)[O-]. The molecule has 0 unspecified atom stereocenters. The van der Waals surface area contributed by atoms with Crippen LogP contribution in [0.25, 0.3) is 6.08 Å². The highest BCUT2D eigenvalue weighted by molar-refractivity contribution is 5.52. The van der Waals surface area contributed by atoms with Crippen molar-refractivity contribution < 1.29 is 9.66 Å². The van der Waals surface area contributed by atoms with Crippen LogP contribution in [0.1, 0.15) is 25.8 Å². The van der Waals surface area contributed by atoms with Crippen molar-refractivity contribution in [2.75, 3.05) is 27.2 Å². The van der Waals surface area contributed by atoms with E-state index in [2.05, 4.69) is 0 Å². The van der Waals surface area contributed by atoms with E-state index in [1.165, 1.54) is 0 Å². The van der Waals surface area contributed by atoms with Gasteiger partial charge in [0, 0.05) is 19.0 Å². The van der Waals surface area contributed by atoms with Gasteiger partial charge < -0.3 is 9.64 Å². The maximum Gasteiger partial charge on any atom is 0.247 e. The molecule has 116 valence electrons. The number of nitro groups is 1. The molecule has 0 bridgehead atoms. The zero-order valence-electron chi connectivity index (χ0n) is 13.2. The third-order valence-electron chi connectivity index (χ3n) is 2.87. The van der Waals surface area contributed by atoms with E-state index in [4.69, 9.17) is 4.74 Å². The minimum atomic E-state index is -0.304. The molecule has 0 saturated heterocycles. The van der Waals surface area contributed by atoms with Gasteiger partial charge in [0.1, 0.15) is 12.4 Å². The van der Waals surface area contributed by atoms with Crippen LogP contribution in [0, 0.1) is 16.0 Å². The molecule has 0 amide bonds. The molecule has 0 aromatic heterocycles. The average Bonchev–Trinajstić information content (AvgIpc) is 2.39. The normalized spacial score (nSPS) is 12.0. The summed E-state index contributed by atoms with van der Waals surface area (Å²) >= 11 is 0. The van der Waals surface area contributed by atoms with Crippen LogP contribution in [0.2, 0.25) is 0 Å². The van der Waals surface area contributed by atoms with Crippen LogP contribution in [0.15, 0.2) is 30.0 Å². The molecule has 1 rings (SSSR count). The first-order chi connectivity index (χ1) is 9.88. The fourth-order valence-corrected chi connectivity index (χ4v) is 1.80. The van der Waals surface area contributed by atoms with Gasteiger partial charge in [0.05, 0.1) is 4.92 Å². The number of benzene rings is 1. The average molecular weight is 292 g/mol. The second-order valence-electron chi connectivity index (χ2n) is 5.71. The van der Waals surface area contributed by atoms with Crippen LogP contribution >= 0.6 is 0 Å². The molecule has 0 aliphatic carbocycles. The first kappa shape index (κ1) is 17.2. The van der Waals surface area contributed by atoms with Gasteiger partial charge in [0.15, 0.2) is 0 Å². The van der Waals surface area contributed by atoms with Crippen LogP contribution in [0.4, 0.5) is 0 Å². The van der Waals surface area contributed by atoms with Crippen LogP contribution in [-0.4, -0.2) is 37.1 Å². The summed E-state index contributed by atoms with van der Waals surface area (Å²) in [6, 6.07) is 7.37. The smallest absolute Gasteiger partial charge is 0.247 e. The Kier molecular flexibility index (Phi) is 6.88. The van der Waals surface area contributed by atoms with Crippen molar-refractivity contribution in [3.05, 3.63) is 45.6 Å². The first-order valence-corrected chi connectivity index (χ1v) is 7.11. The van der Waals surface area contributed by atoms with Crippen molar-refractivity contribution in [2.24, 2.45) is 5.92 Å². The van der Waals surface area contributed by atoms with Gasteiger partial charge in [-0.3, -0.25) is 10.1 Å². The highest BCUT2D eigenvalue weighted by Crippen LogP contribution is 2.18. The van der Waals surface area contributed by atoms with Gasteiger partial charge in [-0.15, -0.1) is 0 Å². The summed E-state index contributed by atoms with van der Waals surface area (Å²) in [4.78, 5) is 12.8. The van der Waals surface area contributed by atoms with E-state index in [0.717, 1.165) is 17.9 Å². The number of nitrogens with zero attached hydrogens (tertiary/aromatic N) is 2. The quantitative estimate of drug-likeness (QED) is 0.545. The van der Waals surface area contributed by atoms with Gasteiger partial charge in [-0.05, 0) is 37.7 Å². The Balaban J connectivity index is 2.69. The number of ether oxygens (including phenoxy) is 1. The molecule has 1 aromatic rings. The molecular weight excluding hydrogens is 268 g/mol. The first-order valence-electron chi connectivity index (χ1n) is 7.11. The molecule has 0 radical (unpaired) electrons. The summed E-state index contributed by atoms with van der Waals surface area (Å²) < 4.78 is 5.59. The molecular formula is C16H24N2O3. The zero-order chi connectivity index (χ0) is 15.8. The topological polar surface area (TPSA) is 55.6 Å². The second-order valence-corrected chi connectivity index (χ2v) is 5.71. The molecule has 0 saturated carbocycles. The Morgan fingerprint density at radius 3 is 2.43 bits per heavy atom. The monoisotopic (exact) mass is 292 g/mol. The van der Waals surface area contributed by atoms with Gasteiger partial charge >= 0.3 is 0 Å². The van der Waals surface area contributed by atoms with Gasteiger partial charge in [-0.2, -0.15) is 0 Å². The standard InChI is InChI=1S/C16H24N2O3/c1-13(2)11-15(18(19)20)12-14-5-7-16(8-6-14)21-10-9-17(3)4/h5-8,12-13H,9-11H2,1-4H3. The Morgan fingerprint density at radius 1 is 1.33 bits per heavy atom. The number of likely N-dealkylation sites (N-methyl/N-ethyl adjacent to an activating group) is 1. The third-order valence-corrected chi connectivity index (χ3v) is 2.87. The van der Waals surface area contributed by atoms with Crippen molar-refractivity contribution in [1.29, 1.82) is 0 Å². The largest absolute Gasteiger partial charge is 0.492 e. The molecule has 0 fully saturated rings. The number of hydrogen-bond acceptors (Lipinski definition) is 4. The Morgan fingerprint density at radius 2 is 1.95 bits per heavy atom. The van der Waals surface area contributed by atoms with Crippen molar-refractivity contribution in [3.8, 4) is 5.75 Å². The lowest BCUT2D eigenvalue weighted by molar-refractivity contribution is -0.427. The lowest BCUT2D eigenvalue weighted by Gasteiger charge is -2.11. The summed E-state index contributed by atoms with van der Waals surface area (Å²) in [5.74, 6) is 1.04. The summed E-state index contributed by atoms with van der Waals surface area (Å²) in [7, 11) is 3.98. The molecule has 0 spiro atoms. The predicted molar refractivity (Wildman–Crippen MR) is 84.9 cm³/mol. The van der Waals surface area contributed by atoms with Crippen LogP contribution < -0.4 is 4.74 Å². The van der Waals surface area contributed by atoms with E-state index in [9.17, 15) is 10.1 Å². The second kappa shape index (κ2) is 8.42. The maximum atomic E-state index is 11.0. The molecule has 0 aliphatic heterocycles. The van der Waals surface area contributed by atoms with E-state index in [-0.39, 0.29) is 16.5 Å². The summed E-state index contributed by atoms with van der Waals surface area (Å²) in [5, 5.41) is 11.0. The van der Waals surface area contributed by atoms with Crippen molar-refractivity contribution in [1.82, 2.24) is 4.90 Å².